The number of carbonyl (C=O) groups is 2. The second-order valence-electron chi connectivity index (χ2n) is 5.09. The quantitative estimate of drug-likeness (QED) is 0.941. The summed E-state index contributed by atoms with van der Waals surface area (Å²) in [5, 5.41) is 2.56. The molecule has 120 valence electrons. The van der Waals surface area contributed by atoms with Crippen molar-refractivity contribution in [3.05, 3.63) is 59.7 Å². The summed E-state index contributed by atoms with van der Waals surface area (Å²) in [6, 6.07) is 9.43. The van der Waals surface area contributed by atoms with Gasteiger partial charge in [-0.1, -0.05) is 12.1 Å². The highest BCUT2D eigenvalue weighted by Gasteiger charge is 2.14. The first-order chi connectivity index (χ1) is 10.9. The maximum atomic E-state index is 13.4. The predicted molar refractivity (Wildman–Crippen MR) is 84.2 cm³/mol. The van der Waals surface area contributed by atoms with Crippen LogP contribution in [-0.2, 0) is 16.0 Å². The molecule has 6 heteroatoms. The Balaban J connectivity index is 2.20. The molecular weight excluding hydrogens is 302 g/mol. The molecule has 0 heterocycles. The number of nitrogens with zero attached hydrogens (tertiary/aromatic N) is 1. The molecule has 0 radical (unpaired) electrons. The lowest BCUT2D eigenvalue weighted by molar-refractivity contribution is -0.117. The summed E-state index contributed by atoms with van der Waals surface area (Å²) in [7, 11) is 1.53. The number of amides is 2. The highest BCUT2D eigenvalue weighted by molar-refractivity contribution is 6.00. The molecule has 0 aliphatic rings. The van der Waals surface area contributed by atoms with Gasteiger partial charge in [-0.3, -0.25) is 9.59 Å². The third-order valence-electron chi connectivity index (χ3n) is 3.32. The number of benzene rings is 2. The molecule has 0 fully saturated rings. The maximum Gasteiger partial charge on any atom is 0.228 e. The van der Waals surface area contributed by atoms with Crippen molar-refractivity contribution >= 4 is 23.2 Å². The Morgan fingerprint density at radius 3 is 2.43 bits per heavy atom. The Kier molecular flexibility index (Phi) is 5.05. The zero-order valence-corrected chi connectivity index (χ0v) is 12.8. The fourth-order valence-electron chi connectivity index (χ4n) is 2.10. The first kappa shape index (κ1) is 16.6. The monoisotopic (exact) mass is 318 g/mol. The summed E-state index contributed by atoms with van der Waals surface area (Å²) in [5.41, 5.74) is 1.07. The molecule has 2 aromatic carbocycles. The van der Waals surface area contributed by atoms with Crippen LogP contribution in [-0.4, -0.2) is 18.9 Å². The fourth-order valence-corrected chi connectivity index (χ4v) is 2.10. The van der Waals surface area contributed by atoms with E-state index in [1.165, 1.54) is 49.2 Å². The van der Waals surface area contributed by atoms with Crippen molar-refractivity contribution in [3.63, 3.8) is 0 Å². The SMILES string of the molecule is CC(=O)N(C)c1ccc(F)cc1NC(=O)Cc1cccc(F)c1. The van der Waals surface area contributed by atoms with Crippen LogP contribution in [0.1, 0.15) is 12.5 Å². The molecule has 2 rings (SSSR count). The Morgan fingerprint density at radius 2 is 1.78 bits per heavy atom. The highest BCUT2D eigenvalue weighted by Crippen LogP contribution is 2.26. The lowest BCUT2D eigenvalue weighted by Crippen LogP contribution is -2.25. The summed E-state index contributed by atoms with van der Waals surface area (Å²) in [4.78, 5) is 24.9. The Labute approximate surface area is 132 Å². The van der Waals surface area contributed by atoms with Gasteiger partial charge in [0.15, 0.2) is 0 Å². The van der Waals surface area contributed by atoms with E-state index >= 15 is 0 Å². The van der Waals surface area contributed by atoms with Crippen molar-refractivity contribution in [2.45, 2.75) is 13.3 Å². The first-order valence-corrected chi connectivity index (χ1v) is 6.95. The molecule has 0 spiro atoms. The fraction of sp³-hybridized carbons (Fsp3) is 0.176. The summed E-state index contributed by atoms with van der Waals surface area (Å²) in [6.07, 6.45) is -0.0580. The molecule has 4 nitrogen and oxygen atoms in total. The Hall–Kier alpha value is -2.76. The van der Waals surface area contributed by atoms with Gasteiger partial charge in [0, 0.05) is 14.0 Å². The van der Waals surface area contributed by atoms with E-state index < -0.39 is 17.5 Å². The van der Waals surface area contributed by atoms with Crippen molar-refractivity contribution in [1.29, 1.82) is 0 Å². The first-order valence-electron chi connectivity index (χ1n) is 6.95. The lowest BCUT2D eigenvalue weighted by Gasteiger charge is -2.19. The average Bonchev–Trinajstić information content (AvgIpc) is 2.46. The molecule has 2 aromatic rings. The van der Waals surface area contributed by atoms with E-state index in [0.717, 1.165) is 6.07 Å². The van der Waals surface area contributed by atoms with Gasteiger partial charge in [0.2, 0.25) is 11.8 Å². The summed E-state index contributed by atoms with van der Waals surface area (Å²) in [5.74, 6) is -1.65. The van der Waals surface area contributed by atoms with E-state index in [-0.39, 0.29) is 18.0 Å². The third kappa shape index (κ3) is 4.35. The van der Waals surface area contributed by atoms with E-state index in [9.17, 15) is 18.4 Å². The summed E-state index contributed by atoms with van der Waals surface area (Å²) in [6.45, 7) is 1.36. The van der Waals surface area contributed by atoms with Crippen LogP contribution in [0.5, 0.6) is 0 Å². The van der Waals surface area contributed by atoms with Crippen LogP contribution < -0.4 is 10.2 Å². The van der Waals surface area contributed by atoms with Crippen molar-refractivity contribution in [2.24, 2.45) is 0 Å². The highest BCUT2D eigenvalue weighted by atomic mass is 19.1. The van der Waals surface area contributed by atoms with Gasteiger partial charge in [-0.25, -0.2) is 8.78 Å². The van der Waals surface area contributed by atoms with Crippen LogP contribution in [0.2, 0.25) is 0 Å². The van der Waals surface area contributed by atoms with Crippen LogP contribution >= 0.6 is 0 Å². The lowest BCUT2D eigenvalue weighted by atomic mass is 10.1. The average molecular weight is 318 g/mol. The van der Waals surface area contributed by atoms with Gasteiger partial charge in [0.05, 0.1) is 17.8 Å². The van der Waals surface area contributed by atoms with Crippen LogP contribution in [0.4, 0.5) is 20.2 Å². The smallest absolute Gasteiger partial charge is 0.228 e. The number of hydrogen-bond donors (Lipinski definition) is 1. The molecule has 0 atom stereocenters. The van der Waals surface area contributed by atoms with Gasteiger partial charge >= 0.3 is 0 Å². The molecule has 23 heavy (non-hydrogen) atoms. The van der Waals surface area contributed by atoms with Gasteiger partial charge in [-0.15, -0.1) is 0 Å². The molecular formula is C17H16F2N2O2. The van der Waals surface area contributed by atoms with Crippen molar-refractivity contribution < 1.29 is 18.4 Å². The predicted octanol–water partition coefficient (Wildman–Crippen LogP) is 3.13. The minimum Gasteiger partial charge on any atom is -0.324 e. The molecule has 0 aliphatic heterocycles. The number of anilines is 2. The number of nitrogens with one attached hydrogen (secondary N) is 1. The number of hydrogen-bond acceptors (Lipinski definition) is 2. The molecule has 0 unspecified atom stereocenters. The van der Waals surface area contributed by atoms with E-state index in [2.05, 4.69) is 5.32 Å². The summed E-state index contributed by atoms with van der Waals surface area (Å²) < 4.78 is 26.6. The molecule has 0 aromatic heterocycles. The van der Waals surface area contributed by atoms with Crippen LogP contribution in [0.25, 0.3) is 0 Å². The summed E-state index contributed by atoms with van der Waals surface area (Å²) >= 11 is 0. The Bertz CT molecular complexity index is 747. The molecule has 1 N–H and O–H groups in total. The minimum absolute atomic E-state index is 0.0580. The second kappa shape index (κ2) is 7.00. The number of carbonyl (C=O) groups excluding carboxylic acids is 2. The van der Waals surface area contributed by atoms with Gasteiger partial charge < -0.3 is 10.2 Å². The van der Waals surface area contributed by atoms with Gasteiger partial charge in [-0.2, -0.15) is 0 Å². The van der Waals surface area contributed by atoms with E-state index in [1.54, 1.807) is 6.07 Å². The van der Waals surface area contributed by atoms with E-state index in [0.29, 0.717) is 11.3 Å². The van der Waals surface area contributed by atoms with E-state index in [1.807, 2.05) is 0 Å². The van der Waals surface area contributed by atoms with E-state index in [4.69, 9.17) is 0 Å². The molecule has 0 aliphatic carbocycles. The largest absolute Gasteiger partial charge is 0.324 e. The minimum atomic E-state index is -0.535. The molecule has 0 bridgehead atoms. The normalized spacial score (nSPS) is 10.3. The third-order valence-corrected chi connectivity index (χ3v) is 3.32. The maximum absolute atomic E-state index is 13.4. The van der Waals surface area contributed by atoms with Gasteiger partial charge in [0.1, 0.15) is 11.6 Å². The van der Waals surface area contributed by atoms with Crippen LogP contribution in [0.3, 0.4) is 0 Å². The Morgan fingerprint density at radius 1 is 1.09 bits per heavy atom. The van der Waals surface area contributed by atoms with Crippen molar-refractivity contribution in [2.75, 3.05) is 17.3 Å². The molecule has 2 amide bonds. The topological polar surface area (TPSA) is 49.4 Å². The van der Waals surface area contributed by atoms with Crippen LogP contribution in [0.15, 0.2) is 42.5 Å². The standard InChI is InChI=1S/C17H16F2N2O2/c1-11(22)21(2)16-7-6-14(19)10-15(16)20-17(23)9-12-4-3-5-13(18)8-12/h3-8,10H,9H2,1-2H3,(H,20,23). The number of rotatable bonds is 4. The zero-order valence-electron chi connectivity index (χ0n) is 12.8. The van der Waals surface area contributed by atoms with Gasteiger partial charge in [-0.05, 0) is 35.9 Å². The molecule has 0 saturated heterocycles. The van der Waals surface area contributed by atoms with Crippen molar-refractivity contribution in [3.8, 4) is 0 Å². The molecule has 0 saturated carbocycles. The van der Waals surface area contributed by atoms with Crippen LogP contribution in [0, 0.1) is 11.6 Å². The zero-order chi connectivity index (χ0) is 17.0. The van der Waals surface area contributed by atoms with Gasteiger partial charge in [0.25, 0.3) is 0 Å². The number of halogens is 2. The second-order valence-corrected chi connectivity index (χ2v) is 5.09. The van der Waals surface area contributed by atoms with Crippen molar-refractivity contribution in [1.82, 2.24) is 0 Å².